The molecule has 0 unspecified atom stereocenters. The van der Waals surface area contributed by atoms with Crippen molar-refractivity contribution < 1.29 is 34.1 Å². The molecule has 36 heavy (non-hydrogen) atoms. The number of hydrogen-bond acceptors (Lipinski definition) is 7. The number of urea groups is 1. The van der Waals surface area contributed by atoms with Gasteiger partial charge in [-0.2, -0.15) is 0 Å². The molecule has 0 aliphatic carbocycles. The van der Waals surface area contributed by atoms with Gasteiger partial charge in [-0.3, -0.25) is 4.79 Å². The Balaban J connectivity index is 1.32. The molecule has 0 fully saturated rings. The third-order valence-electron chi connectivity index (χ3n) is 5.33. The van der Waals surface area contributed by atoms with Gasteiger partial charge in [-0.05, 0) is 48.4 Å². The summed E-state index contributed by atoms with van der Waals surface area (Å²) in [7, 11) is 0. The van der Waals surface area contributed by atoms with Crippen molar-refractivity contribution in [2.24, 2.45) is 0 Å². The Labute approximate surface area is 209 Å². The topological polar surface area (TPSA) is 166 Å². The van der Waals surface area contributed by atoms with E-state index in [0.717, 1.165) is 11.3 Å². The van der Waals surface area contributed by atoms with Gasteiger partial charge in [-0.25, -0.2) is 14.4 Å². The molecule has 186 valence electrons. The quantitative estimate of drug-likeness (QED) is 0.264. The van der Waals surface area contributed by atoms with Crippen LogP contribution in [0.4, 0.5) is 15.5 Å². The molecule has 4 rings (SSSR count). The highest BCUT2D eigenvalue weighted by atomic mass is 32.1. The van der Waals surface area contributed by atoms with Crippen LogP contribution in [-0.2, 0) is 22.6 Å². The molecule has 2 aromatic carbocycles. The summed E-state index contributed by atoms with van der Waals surface area (Å²) in [6, 6.07) is 15.5. The Morgan fingerprint density at radius 1 is 0.972 bits per heavy atom. The first-order valence-electron chi connectivity index (χ1n) is 10.8. The smallest absolute Gasteiger partial charge is 0.394 e. The first-order valence-corrected chi connectivity index (χ1v) is 11.6. The molecule has 1 aliphatic heterocycles. The molecule has 1 atom stereocenters. The fourth-order valence-corrected chi connectivity index (χ4v) is 4.83. The number of anilines is 2. The minimum absolute atomic E-state index is 0.0206. The molecule has 3 aromatic rings. The Hall–Kier alpha value is -4.42. The van der Waals surface area contributed by atoms with Crippen molar-refractivity contribution in [3.63, 3.8) is 0 Å². The minimum Gasteiger partial charge on any atom is -0.478 e. The van der Waals surface area contributed by atoms with E-state index in [0.29, 0.717) is 34.2 Å². The Kier molecular flexibility index (Phi) is 7.47. The van der Waals surface area contributed by atoms with Crippen molar-refractivity contribution in [2.75, 3.05) is 17.2 Å². The fraction of sp³-hybridized carbons (Fsp3) is 0.167. The lowest BCUT2D eigenvalue weighted by Crippen LogP contribution is -2.45. The zero-order chi connectivity index (χ0) is 25.7. The number of para-hydroxylation sites is 1. The number of carboxylic acid groups (broad SMARTS) is 2. The summed E-state index contributed by atoms with van der Waals surface area (Å²) in [4.78, 5) is 47.2. The number of benzene rings is 2. The van der Waals surface area contributed by atoms with Gasteiger partial charge < -0.3 is 36.2 Å². The van der Waals surface area contributed by atoms with Crippen LogP contribution in [0.25, 0.3) is 0 Å². The molecule has 3 amide bonds. The second kappa shape index (κ2) is 10.9. The van der Waals surface area contributed by atoms with E-state index in [2.05, 4.69) is 21.3 Å². The summed E-state index contributed by atoms with van der Waals surface area (Å²) >= 11 is 1.02. The lowest BCUT2D eigenvalue weighted by molar-refractivity contribution is -0.147. The van der Waals surface area contributed by atoms with Crippen molar-refractivity contribution in [3.05, 3.63) is 70.6 Å². The van der Waals surface area contributed by atoms with E-state index in [-0.39, 0.29) is 29.6 Å². The van der Waals surface area contributed by atoms with Crippen molar-refractivity contribution in [2.45, 2.75) is 19.0 Å². The zero-order valence-corrected chi connectivity index (χ0v) is 19.6. The van der Waals surface area contributed by atoms with Crippen LogP contribution in [0.1, 0.15) is 20.8 Å². The van der Waals surface area contributed by atoms with Crippen LogP contribution in [0.15, 0.2) is 54.6 Å². The monoisotopic (exact) mass is 510 g/mol. The summed E-state index contributed by atoms with van der Waals surface area (Å²) in [5.41, 5.74) is 0.947. The summed E-state index contributed by atoms with van der Waals surface area (Å²) in [5.74, 6) is -2.95. The van der Waals surface area contributed by atoms with Crippen LogP contribution in [0.3, 0.4) is 0 Å². The van der Waals surface area contributed by atoms with Crippen LogP contribution in [0, 0.1) is 0 Å². The van der Waals surface area contributed by atoms with Gasteiger partial charge in [0, 0.05) is 29.7 Å². The van der Waals surface area contributed by atoms with Crippen LogP contribution in [-0.4, -0.2) is 46.7 Å². The summed E-state index contributed by atoms with van der Waals surface area (Å²) in [6.45, 7) is 0.534. The second-order valence-corrected chi connectivity index (χ2v) is 8.93. The molecule has 0 spiro atoms. The molecule has 6 N–H and O–H groups in total. The summed E-state index contributed by atoms with van der Waals surface area (Å²) in [6.07, 6.45) is 0.280. The maximum Gasteiger partial charge on any atom is 0.394 e. The molecule has 1 aliphatic rings. The number of hydrogen-bond donors (Lipinski definition) is 6. The van der Waals surface area contributed by atoms with E-state index in [9.17, 15) is 24.3 Å². The molecule has 12 heteroatoms. The first-order chi connectivity index (χ1) is 17.3. The number of aromatic carboxylic acids is 1. The molecule has 0 saturated heterocycles. The Morgan fingerprint density at radius 3 is 2.33 bits per heavy atom. The van der Waals surface area contributed by atoms with Crippen LogP contribution < -0.4 is 26.0 Å². The average Bonchev–Trinajstić information content (AvgIpc) is 3.22. The fourth-order valence-electron chi connectivity index (χ4n) is 3.66. The van der Waals surface area contributed by atoms with E-state index >= 15 is 0 Å². The van der Waals surface area contributed by atoms with E-state index < -0.39 is 23.9 Å². The predicted molar refractivity (Wildman–Crippen MR) is 132 cm³/mol. The number of carbonyl (C=O) groups is 4. The van der Waals surface area contributed by atoms with Gasteiger partial charge >= 0.3 is 23.9 Å². The summed E-state index contributed by atoms with van der Waals surface area (Å²) < 4.78 is 5.73. The molecule has 0 bridgehead atoms. The number of nitrogens with one attached hydrogen (secondary N) is 4. The lowest BCUT2D eigenvalue weighted by atomic mass is 9.98. The van der Waals surface area contributed by atoms with Gasteiger partial charge in [0.2, 0.25) is 0 Å². The van der Waals surface area contributed by atoms with Crippen molar-refractivity contribution in [1.29, 1.82) is 0 Å². The molecule has 11 nitrogen and oxygen atoms in total. The zero-order valence-electron chi connectivity index (χ0n) is 18.7. The highest BCUT2D eigenvalue weighted by Gasteiger charge is 2.30. The SMILES string of the molecule is O=C(NC[C@@H]1Cc2c(sc(NC(=O)C(=O)O)c2C(=O)O)CN1)Nc1ccc(Oc2ccccc2)cc1. The van der Waals surface area contributed by atoms with Crippen molar-refractivity contribution >= 4 is 45.9 Å². The highest BCUT2D eigenvalue weighted by molar-refractivity contribution is 7.17. The predicted octanol–water partition coefficient (Wildman–Crippen LogP) is 3.10. The number of aliphatic carboxylic acids is 1. The number of carboxylic acids is 2. The van der Waals surface area contributed by atoms with Gasteiger partial charge in [0.25, 0.3) is 0 Å². The average molecular weight is 511 g/mol. The van der Waals surface area contributed by atoms with E-state index in [1.54, 1.807) is 24.3 Å². The van der Waals surface area contributed by atoms with Crippen LogP contribution in [0.2, 0.25) is 0 Å². The largest absolute Gasteiger partial charge is 0.478 e. The minimum atomic E-state index is -1.71. The van der Waals surface area contributed by atoms with Gasteiger partial charge in [0.1, 0.15) is 16.5 Å². The van der Waals surface area contributed by atoms with Gasteiger partial charge in [-0.15, -0.1) is 11.3 Å². The Morgan fingerprint density at radius 2 is 1.67 bits per heavy atom. The standard InChI is InChI=1S/C24H22N4O7S/c29-20(23(32)33)28-21-19(22(30)31)17-10-14(25-12-18(17)36-21)11-26-24(34)27-13-6-8-16(9-7-13)35-15-4-2-1-3-5-15/h1-9,14,25H,10-12H2,(H,28,29)(H,30,31)(H,32,33)(H2,26,27,34)/t14-/m0/s1. The molecule has 0 radical (unpaired) electrons. The van der Waals surface area contributed by atoms with Crippen LogP contribution >= 0.6 is 11.3 Å². The lowest BCUT2D eigenvalue weighted by Gasteiger charge is -2.24. The van der Waals surface area contributed by atoms with Crippen molar-refractivity contribution in [3.8, 4) is 11.5 Å². The number of amides is 3. The third kappa shape index (κ3) is 5.98. The molecule has 2 heterocycles. The van der Waals surface area contributed by atoms with E-state index in [1.807, 2.05) is 30.3 Å². The van der Waals surface area contributed by atoms with E-state index in [1.165, 1.54) is 0 Å². The summed E-state index contributed by atoms with van der Waals surface area (Å²) in [5, 5.41) is 29.2. The number of rotatable bonds is 7. The maximum atomic E-state index is 12.4. The maximum absolute atomic E-state index is 12.4. The van der Waals surface area contributed by atoms with Gasteiger partial charge in [0.05, 0.1) is 5.56 Å². The van der Waals surface area contributed by atoms with Gasteiger partial charge in [0.15, 0.2) is 0 Å². The molecular weight excluding hydrogens is 488 g/mol. The van der Waals surface area contributed by atoms with E-state index in [4.69, 9.17) is 9.84 Å². The number of carbonyl (C=O) groups excluding carboxylic acids is 2. The Bertz CT molecular complexity index is 1290. The number of ether oxygens (including phenoxy) is 1. The normalized spacial score (nSPS) is 14.3. The van der Waals surface area contributed by atoms with Gasteiger partial charge in [-0.1, -0.05) is 18.2 Å². The third-order valence-corrected chi connectivity index (χ3v) is 6.48. The van der Waals surface area contributed by atoms with Crippen molar-refractivity contribution in [1.82, 2.24) is 10.6 Å². The molecular formula is C24H22N4O7S. The van der Waals surface area contributed by atoms with Crippen LogP contribution in [0.5, 0.6) is 11.5 Å². The molecule has 1 aromatic heterocycles. The second-order valence-electron chi connectivity index (χ2n) is 7.83. The molecule has 0 saturated carbocycles. The first kappa shape index (κ1) is 24.7. The number of fused-ring (bicyclic) bond motifs is 1. The number of thiophene rings is 1. The highest BCUT2D eigenvalue weighted by Crippen LogP contribution is 2.36.